The zero-order chi connectivity index (χ0) is 18.4. The molecular weight excluding hydrogens is 435 g/mol. The predicted octanol–water partition coefficient (Wildman–Crippen LogP) is 2.89. The Morgan fingerprint density at radius 3 is 2.40 bits per heavy atom. The highest BCUT2D eigenvalue weighted by molar-refractivity contribution is 14.0. The van der Waals surface area contributed by atoms with Crippen LogP contribution in [0.3, 0.4) is 0 Å². The smallest absolute Gasteiger partial charge is 0.407 e. The molecule has 0 spiro atoms. The standard InChI is InChI=1S/C17H36N4O3.HI/c1-7-10-14(21-16(22)24-17(3,4)5)13-20-15(18-6)19-11-9-12-23-8-2;/h14H,7-13H2,1-6H3,(H,21,22)(H2,18,19,20);1H. The number of aliphatic imine (C=N–C) groups is 1. The zero-order valence-electron chi connectivity index (χ0n) is 16.6. The van der Waals surface area contributed by atoms with Gasteiger partial charge in [-0.3, -0.25) is 4.99 Å². The van der Waals surface area contributed by atoms with Crippen LogP contribution in [0, 0.1) is 0 Å². The Morgan fingerprint density at radius 1 is 1.20 bits per heavy atom. The van der Waals surface area contributed by atoms with Gasteiger partial charge in [-0.15, -0.1) is 24.0 Å². The average Bonchev–Trinajstić information content (AvgIpc) is 2.48. The molecule has 0 aromatic carbocycles. The molecule has 1 unspecified atom stereocenters. The average molecular weight is 472 g/mol. The van der Waals surface area contributed by atoms with Crippen molar-refractivity contribution in [3.63, 3.8) is 0 Å². The van der Waals surface area contributed by atoms with E-state index in [4.69, 9.17) is 9.47 Å². The predicted molar refractivity (Wildman–Crippen MR) is 114 cm³/mol. The van der Waals surface area contributed by atoms with Crippen molar-refractivity contribution in [2.75, 3.05) is 33.4 Å². The monoisotopic (exact) mass is 472 g/mol. The van der Waals surface area contributed by atoms with Gasteiger partial charge < -0.3 is 25.4 Å². The van der Waals surface area contributed by atoms with Gasteiger partial charge in [-0.2, -0.15) is 0 Å². The summed E-state index contributed by atoms with van der Waals surface area (Å²) >= 11 is 0. The van der Waals surface area contributed by atoms with Gasteiger partial charge in [0, 0.05) is 39.4 Å². The number of carbonyl (C=O) groups is 1. The van der Waals surface area contributed by atoms with E-state index in [1.165, 1.54) is 0 Å². The summed E-state index contributed by atoms with van der Waals surface area (Å²) in [5.41, 5.74) is -0.494. The lowest BCUT2D eigenvalue weighted by molar-refractivity contribution is 0.0502. The van der Waals surface area contributed by atoms with Gasteiger partial charge in [-0.05, 0) is 40.5 Å². The quantitative estimate of drug-likeness (QED) is 0.197. The van der Waals surface area contributed by atoms with E-state index in [-0.39, 0.29) is 36.1 Å². The molecule has 7 nitrogen and oxygen atoms in total. The maximum Gasteiger partial charge on any atom is 0.407 e. The van der Waals surface area contributed by atoms with Crippen molar-refractivity contribution in [3.8, 4) is 0 Å². The molecule has 0 aliphatic carbocycles. The van der Waals surface area contributed by atoms with Gasteiger partial charge in [-0.1, -0.05) is 13.3 Å². The maximum absolute atomic E-state index is 11.9. The van der Waals surface area contributed by atoms with E-state index in [9.17, 15) is 4.79 Å². The number of amides is 1. The van der Waals surface area contributed by atoms with E-state index in [1.807, 2.05) is 27.7 Å². The van der Waals surface area contributed by atoms with Crippen molar-refractivity contribution in [2.45, 2.75) is 65.5 Å². The first-order valence-electron chi connectivity index (χ1n) is 8.84. The highest BCUT2D eigenvalue weighted by atomic mass is 127. The summed E-state index contributed by atoms with van der Waals surface area (Å²) in [6, 6.07) is -0.00757. The van der Waals surface area contributed by atoms with Crippen molar-refractivity contribution in [1.29, 1.82) is 0 Å². The van der Waals surface area contributed by atoms with Crippen LogP contribution in [0.4, 0.5) is 4.79 Å². The molecule has 0 saturated heterocycles. The largest absolute Gasteiger partial charge is 0.444 e. The molecule has 25 heavy (non-hydrogen) atoms. The first kappa shape index (κ1) is 26.5. The number of hydrogen-bond acceptors (Lipinski definition) is 4. The van der Waals surface area contributed by atoms with Crippen LogP contribution in [0.15, 0.2) is 4.99 Å². The lowest BCUT2D eigenvalue weighted by Gasteiger charge is -2.24. The van der Waals surface area contributed by atoms with E-state index < -0.39 is 5.60 Å². The molecule has 0 rings (SSSR count). The number of nitrogens with one attached hydrogen (secondary N) is 3. The lowest BCUT2D eigenvalue weighted by Crippen LogP contribution is -2.48. The fraction of sp³-hybridized carbons (Fsp3) is 0.882. The first-order valence-corrected chi connectivity index (χ1v) is 8.84. The van der Waals surface area contributed by atoms with Gasteiger partial charge in [0.1, 0.15) is 5.60 Å². The Kier molecular flexibility index (Phi) is 16.4. The Balaban J connectivity index is 0. The third-order valence-corrected chi connectivity index (χ3v) is 3.06. The highest BCUT2D eigenvalue weighted by Crippen LogP contribution is 2.07. The van der Waals surface area contributed by atoms with Crippen molar-refractivity contribution < 1.29 is 14.3 Å². The second-order valence-corrected chi connectivity index (χ2v) is 6.56. The third kappa shape index (κ3) is 16.4. The number of carbonyl (C=O) groups excluding carboxylic acids is 1. The Bertz CT molecular complexity index is 373. The summed E-state index contributed by atoms with van der Waals surface area (Å²) < 4.78 is 10.6. The first-order chi connectivity index (χ1) is 11.3. The van der Waals surface area contributed by atoms with Gasteiger partial charge in [-0.25, -0.2) is 4.79 Å². The van der Waals surface area contributed by atoms with Crippen LogP contribution in [0.25, 0.3) is 0 Å². The molecule has 8 heteroatoms. The normalized spacial score (nSPS) is 12.8. The summed E-state index contributed by atoms with van der Waals surface area (Å²) in [5, 5.41) is 9.39. The summed E-state index contributed by atoms with van der Waals surface area (Å²) in [5.74, 6) is 0.721. The fourth-order valence-electron chi connectivity index (χ4n) is 2.01. The van der Waals surface area contributed by atoms with Crippen LogP contribution in [0.1, 0.15) is 53.9 Å². The Labute approximate surface area is 170 Å². The molecule has 150 valence electrons. The van der Waals surface area contributed by atoms with Crippen LogP contribution in [-0.4, -0.2) is 57.0 Å². The summed E-state index contributed by atoms with van der Waals surface area (Å²) in [6.45, 7) is 12.5. The van der Waals surface area contributed by atoms with Crippen LogP contribution in [-0.2, 0) is 9.47 Å². The fourth-order valence-corrected chi connectivity index (χ4v) is 2.01. The molecule has 0 aliphatic heterocycles. The molecule has 0 aromatic rings. The zero-order valence-corrected chi connectivity index (χ0v) is 18.9. The van der Waals surface area contributed by atoms with E-state index >= 15 is 0 Å². The topological polar surface area (TPSA) is 84.0 Å². The number of hydrogen-bond donors (Lipinski definition) is 3. The minimum Gasteiger partial charge on any atom is -0.444 e. The molecule has 0 radical (unpaired) electrons. The number of halogens is 1. The minimum absolute atomic E-state index is 0. The number of ether oxygens (including phenoxy) is 2. The van der Waals surface area contributed by atoms with Crippen molar-refractivity contribution >= 4 is 36.0 Å². The van der Waals surface area contributed by atoms with Crippen LogP contribution < -0.4 is 16.0 Å². The SMILES string of the molecule is CCCC(CNC(=NC)NCCCOCC)NC(=O)OC(C)(C)C.I. The molecule has 0 fully saturated rings. The van der Waals surface area contributed by atoms with Crippen LogP contribution >= 0.6 is 24.0 Å². The van der Waals surface area contributed by atoms with Gasteiger partial charge >= 0.3 is 6.09 Å². The summed E-state index contributed by atoms with van der Waals surface area (Å²) in [6.07, 6.45) is 2.38. The Morgan fingerprint density at radius 2 is 1.88 bits per heavy atom. The second kappa shape index (κ2) is 15.5. The van der Waals surface area contributed by atoms with Crippen molar-refractivity contribution in [1.82, 2.24) is 16.0 Å². The molecule has 1 atom stereocenters. The number of rotatable bonds is 10. The van der Waals surface area contributed by atoms with Gasteiger partial charge in [0.25, 0.3) is 0 Å². The van der Waals surface area contributed by atoms with Crippen LogP contribution in [0.5, 0.6) is 0 Å². The molecule has 0 saturated carbocycles. The third-order valence-electron chi connectivity index (χ3n) is 3.06. The molecular formula is C17H37IN4O3. The van der Waals surface area contributed by atoms with Crippen LogP contribution in [0.2, 0.25) is 0 Å². The summed E-state index contributed by atoms with van der Waals surface area (Å²) in [7, 11) is 1.73. The van der Waals surface area contributed by atoms with E-state index in [2.05, 4.69) is 27.9 Å². The van der Waals surface area contributed by atoms with Crippen molar-refractivity contribution in [2.24, 2.45) is 4.99 Å². The summed E-state index contributed by atoms with van der Waals surface area (Å²) in [4.78, 5) is 16.1. The highest BCUT2D eigenvalue weighted by Gasteiger charge is 2.19. The van der Waals surface area contributed by atoms with E-state index in [0.717, 1.165) is 45.0 Å². The van der Waals surface area contributed by atoms with E-state index in [0.29, 0.717) is 6.54 Å². The van der Waals surface area contributed by atoms with Gasteiger partial charge in [0.2, 0.25) is 0 Å². The Hall–Kier alpha value is -0.770. The second-order valence-electron chi connectivity index (χ2n) is 6.56. The minimum atomic E-state index is -0.494. The molecule has 0 aromatic heterocycles. The molecule has 0 heterocycles. The van der Waals surface area contributed by atoms with E-state index in [1.54, 1.807) is 7.05 Å². The molecule has 3 N–H and O–H groups in total. The lowest BCUT2D eigenvalue weighted by atomic mass is 10.1. The number of alkyl carbamates (subject to hydrolysis) is 1. The molecule has 0 aliphatic rings. The molecule has 0 bridgehead atoms. The van der Waals surface area contributed by atoms with Gasteiger partial charge in [0.15, 0.2) is 5.96 Å². The van der Waals surface area contributed by atoms with Gasteiger partial charge in [0.05, 0.1) is 0 Å². The number of nitrogens with zero attached hydrogens (tertiary/aromatic N) is 1. The maximum atomic E-state index is 11.9. The van der Waals surface area contributed by atoms with Crippen molar-refractivity contribution in [3.05, 3.63) is 0 Å². The number of guanidine groups is 1. The molecule has 1 amide bonds.